The minimum absolute atomic E-state index is 0.0959. The Morgan fingerprint density at radius 3 is 2.57 bits per heavy atom. The maximum absolute atomic E-state index is 12.3. The van der Waals surface area contributed by atoms with Crippen LogP contribution in [0.15, 0.2) is 76.5 Å². The van der Waals surface area contributed by atoms with Gasteiger partial charge in [-0.1, -0.05) is 65.3 Å². The van der Waals surface area contributed by atoms with Crippen molar-refractivity contribution in [3.05, 3.63) is 92.8 Å². The average molecular weight is 428 g/mol. The molecule has 1 amide bonds. The fourth-order valence-corrected chi connectivity index (χ4v) is 4.13. The molecule has 3 nitrogen and oxygen atoms in total. The number of hydrogen-bond donors (Lipinski definition) is 1. The van der Waals surface area contributed by atoms with Gasteiger partial charge in [-0.2, -0.15) is 0 Å². The lowest BCUT2D eigenvalue weighted by Gasteiger charge is -2.18. The van der Waals surface area contributed by atoms with Crippen molar-refractivity contribution >= 4 is 52.6 Å². The van der Waals surface area contributed by atoms with E-state index in [0.29, 0.717) is 21.6 Å². The predicted molar refractivity (Wildman–Crippen MR) is 116 cm³/mol. The molecule has 1 heterocycles. The quantitative estimate of drug-likeness (QED) is 0.473. The number of hydrogen-bond acceptors (Lipinski definition) is 3. The molecule has 0 radical (unpaired) electrons. The van der Waals surface area contributed by atoms with E-state index < -0.39 is 0 Å². The van der Waals surface area contributed by atoms with Gasteiger partial charge in [0, 0.05) is 20.5 Å². The number of fused-ring (bicyclic) bond motifs is 1. The topological polar surface area (TPSA) is 38.3 Å². The van der Waals surface area contributed by atoms with Crippen LogP contribution in [0.4, 0.5) is 5.69 Å². The molecule has 3 aromatic carbocycles. The number of nitrogens with one attached hydrogen (secondary N) is 1. The zero-order chi connectivity index (χ0) is 19.5. The molecule has 1 aliphatic heterocycles. The van der Waals surface area contributed by atoms with Gasteiger partial charge in [-0.25, -0.2) is 0 Å². The van der Waals surface area contributed by atoms with Crippen LogP contribution < -0.4 is 10.1 Å². The highest BCUT2D eigenvalue weighted by atomic mass is 35.5. The summed E-state index contributed by atoms with van der Waals surface area (Å²) in [7, 11) is 0. The highest BCUT2D eigenvalue weighted by Crippen LogP contribution is 2.38. The Morgan fingerprint density at radius 2 is 1.79 bits per heavy atom. The van der Waals surface area contributed by atoms with E-state index in [0.717, 1.165) is 27.5 Å². The number of halogens is 2. The Labute approximate surface area is 177 Å². The maximum atomic E-state index is 12.3. The molecule has 3 aromatic rings. The van der Waals surface area contributed by atoms with E-state index in [1.54, 1.807) is 12.1 Å². The van der Waals surface area contributed by atoms with E-state index in [2.05, 4.69) is 5.32 Å². The summed E-state index contributed by atoms with van der Waals surface area (Å²) < 4.78 is 5.79. The maximum Gasteiger partial charge on any atom is 0.262 e. The Bertz CT molecular complexity index is 1060. The molecular formula is C22H15Cl2NO2S. The Hall–Kier alpha value is -2.40. The Balaban J connectivity index is 1.45. The summed E-state index contributed by atoms with van der Waals surface area (Å²) in [6.45, 7) is 0.353. The molecule has 0 saturated carbocycles. The highest BCUT2D eigenvalue weighted by molar-refractivity contribution is 8.04. The molecule has 0 unspecified atom stereocenters. The van der Waals surface area contributed by atoms with Crippen LogP contribution in [0.5, 0.6) is 5.75 Å². The molecule has 1 aliphatic rings. The van der Waals surface area contributed by atoms with Crippen LogP contribution in [-0.2, 0) is 11.4 Å². The van der Waals surface area contributed by atoms with E-state index in [9.17, 15) is 4.79 Å². The first-order chi connectivity index (χ1) is 13.6. The molecule has 0 bridgehead atoms. The van der Waals surface area contributed by atoms with Gasteiger partial charge in [-0.3, -0.25) is 4.79 Å². The van der Waals surface area contributed by atoms with Gasteiger partial charge in [0.1, 0.15) is 12.4 Å². The molecular weight excluding hydrogens is 413 g/mol. The summed E-state index contributed by atoms with van der Waals surface area (Å²) in [6, 6.07) is 20.7. The molecule has 4 rings (SSSR count). The largest absolute Gasteiger partial charge is 0.489 e. The van der Waals surface area contributed by atoms with Gasteiger partial charge in [0.25, 0.3) is 5.91 Å². The van der Waals surface area contributed by atoms with Crippen molar-refractivity contribution in [2.24, 2.45) is 0 Å². The summed E-state index contributed by atoms with van der Waals surface area (Å²) in [4.78, 5) is 14.0. The van der Waals surface area contributed by atoms with Gasteiger partial charge in [0.05, 0.1) is 10.6 Å². The zero-order valence-electron chi connectivity index (χ0n) is 14.6. The number of amides is 1. The minimum Gasteiger partial charge on any atom is -0.489 e. The number of para-hydroxylation sites is 1. The standard InChI is InChI=1S/C22H15Cl2NO2S/c23-16-8-7-15(18(24)12-16)13-27-17-9-5-14(6-10-17)11-21-22(26)25-19-3-1-2-4-20(19)28-21/h1-12H,13H2,(H,25,26)/b21-11-. The highest BCUT2D eigenvalue weighted by Gasteiger charge is 2.20. The lowest BCUT2D eigenvalue weighted by molar-refractivity contribution is -0.112. The third kappa shape index (κ3) is 4.36. The van der Waals surface area contributed by atoms with Crippen molar-refractivity contribution in [2.45, 2.75) is 11.5 Å². The third-order valence-electron chi connectivity index (χ3n) is 4.17. The van der Waals surface area contributed by atoms with E-state index in [1.807, 2.05) is 60.7 Å². The predicted octanol–water partition coefficient (Wildman–Crippen LogP) is 6.66. The second kappa shape index (κ2) is 8.31. The number of anilines is 1. The van der Waals surface area contributed by atoms with Crippen LogP contribution in [0.25, 0.3) is 6.08 Å². The van der Waals surface area contributed by atoms with Crippen molar-refractivity contribution in [1.29, 1.82) is 0 Å². The number of thioether (sulfide) groups is 1. The van der Waals surface area contributed by atoms with Gasteiger partial charge in [0.2, 0.25) is 0 Å². The van der Waals surface area contributed by atoms with Gasteiger partial charge in [-0.15, -0.1) is 0 Å². The molecule has 0 spiro atoms. The second-order valence-corrected chi connectivity index (χ2v) is 8.08. The van der Waals surface area contributed by atoms with Crippen molar-refractivity contribution in [1.82, 2.24) is 0 Å². The minimum atomic E-state index is -0.0959. The van der Waals surface area contributed by atoms with Crippen LogP contribution >= 0.6 is 35.0 Å². The number of carbonyl (C=O) groups is 1. The van der Waals surface area contributed by atoms with E-state index >= 15 is 0 Å². The average Bonchev–Trinajstić information content (AvgIpc) is 2.69. The molecule has 28 heavy (non-hydrogen) atoms. The lowest BCUT2D eigenvalue weighted by Crippen LogP contribution is -2.17. The molecule has 0 aliphatic carbocycles. The molecule has 1 N–H and O–H groups in total. The van der Waals surface area contributed by atoms with Crippen molar-refractivity contribution in [2.75, 3.05) is 5.32 Å². The molecule has 140 valence electrons. The van der Waals surface area contributed by atoms with Crippen LogP contribution in [0.1, 0.15) is 11.1 Å². The molecule has 0 aromatic heterocycles. The third-order valence-corrected chi connectivity index (χ3v) is 5.85. The second-order valence-electron chi connectivity index (χ2n) is 6.15. The summed E-state index contributed by atoms with van der Waals surface area (Å²) in [5.74, 6) is 0.626. The number of ether oxygens (including phenoxy) is 1. The smallest absolute Gasteiger partial charge is 0.262 e. The van der Waals surface area contributed by atoms with Crippen LogP contribution in [0.2, 0.25) is 10.0 Å². The van der Waals surface area contributed by atoms with Crippen LogP contribution in [-0.4, -0.2) is 5.91 Å². The van der Waals surface area contributed by atoms with E-state index in [-0.39, 0.29) is 5.91 Å². The fourth-order valence-electron chi connectivity index (χ4n) is 2.71. The first-order valence-electron chi connectivity index (χ1n) is 8.55. The van der Waals surface area contributed by atoms with Crippen LogP contribution in [0.3, 0.4) is 0 Å². The first kappa shape index (κ1) is 18.9. The molecule has 0 atom stereocenters. The number of benzene rings is 3. The van der Waals surface area contributed by atoms with Crippen molar-refractivity contribution < 1.29 is 9.53 Å². The molecule has 0 saturated heterocycles. The SMILES string of the molecule is O=C1Nc2ccccc2S/C1=C\c1ccc(OCc2ccc(Cl)cc2Cl)cc1. The first-order valence-corrected chi connectivity index (χ1v) is 10.1. The van der Waals surface area contributed by atoms with Gasteiger partial charge < -0.3 is 10.1 Å². The van der Waals surface area contributed by atoms with Crippen molar-refractivity contribution in [3.8, 4) is 5.75 Å². The summed E-state index contributed by atoms with van der Waals surface area (Å²) in [6.07, 6.45) is 1.87. The number of carbonyl (C=O) groups excluding carboxylic acids is 1. The summed E-state index contributed by atoms with van der Waals surface area (Å²) in [5.41, 5.74) is 2.64. The Kier molecular flexibility index (Phi) is 5.62. The Morgan fingerprint density at radius 1 is 1.00 bits per heavy atom. The van der Waals surface area contributed by atoms with E-state index in [1.165, 1.54) is 11.8 Å². The van der Waals surface area contributed by atoms with E-state index in [4.69, 9.17) is 27.9 Å². The molecule has 6 heteroatoms. The van der Waals surface area contributed by atoms with Gasteiger partial charge >= 0.3 is 0 Å². The summed E-state index contributed by atoms with van der Waals surface area (Å²) >= 11 is 13.5. The number of rotatable bonds is 4. The molecule has 0 fully saturated rings. The van der Waals surface area contributed by atoms with Gasteiger partial charge in [0.15, 0.2) is 0 Å². The fraction of sp³-hybridized carbons (Fsp3) is 0.0455. The van der Waals surface area contributed by atoms with Crippen molar-refractivity contribution in [3.63, 3.8) is 0 Å². The lowest BCUT2D eigenvalue weighted by atomic mass is 10.2. The van der Waals surface area contributed by atoms with Crippen LogP contribution in [0, 0.1) is 0 Å². The monoisotopic (exact) mass is 427 g/mol. The zero-order valence-corrected chi connectivity index (χ0v) is 16.9. The normalized spacial score (nSPS) is 14.5. The van der Waals surface area contributed by atoms with Gasteiger partial charge in [-0.05, 0) is 48.0 Å². The summed E-state index contributed by atoms with van der Waals surface area (Å²) in [5, 5.41) is 4.09.